The fraction of sp³-hybridized carbons (Fsp3) is 0.647. The Bertz CT molecular complexity index is 356. The monoisotopic (exact) mass is 261 g/mol. The first-order valence-electron chi connectivity index (χ1n) is 7.60. The molecule has 0 aromatic heterocycles. The van der Waals surface area contributed by atoms with Crippen LogP contribution in [0.15, 0.2) is 24.3 Å². The van der Waals surface area contributed by atoms with Gasteiger partial charge in [0, 0.05) is 13.2 Å². The number of nitrogens with one attached hydrogen (secondary N) is 1. The van der Waals surface area contributed by atoms with Crippen LogP contribution in [0.4, 0.5) is 0 Å². The summed E-state index contributed by atoms with van der Waals surface area (Å²) < 4.78 is 5.76. The van der Waals surface area contributed by atoms with Gasteiger partial charge in [-0.1, -0.05) is 50.5 Å². The van der Waals surface area contributed by atoms with Crippen LogP contribution in [0.1, 0.15) is 49.7 Å². The Morgan fingerprint density at radius 3 is 2.58 bits per heavy atom. The second kappa shape index (κ2) is 7.66. The topological polar surface area (TPSA) is 21.3 Å². The van der Waals surface area contributed by atoms with E-state index in [1.54, 1.807) is 0 Å². The third-order valence-corrected chi connectivity index (χ3v) is 4.22. The van der Waals surface area contributed by atoms with E-state index in [1.165, 1.54) is 36.8 Å². The summed E-state index contributed by atoms with van der Waals surface area (Å²) in [5.41, 5.74) is 2.68. The number of likely N-dealkylation sites (N-methyl/N-ethyl adjacent to an activating group) is 1. The quantitative estimate of drug-likeness (QED) is 0.720. The highest BCUT2D eigenvalue weighted by Gasteiger charge is 2.16. The molecule has 1 unspecified atom stereocenters. The first-order valence-corrected chi connectivity index (χ1v) is 7.60. The van der Waals surface area contributed by atoms with Crippen LogP contribution in [0.3, 0.4) is 0 Å². The highest BCUT2D eigenvalue weighted by atomic mass is 16.5. The number of hydrogen-bond donors (Lipinski definition) is 1. The normalized spacial score (nSPS) is 17.2. The number of ether oxygens (including phenoxy) is 1. The van der Waals surface area contributed by atoms with Crippen molar-refractivity contribution in [3.63, 3.8) is 0 Å². The van der Waals surface area contributed by atoms with Gasteiger partial charge in [-0.05, 0) is 36.4 Å². The lowest BCUT2D eigenvalue weighted by Crippen LogP contribution is -2.14. The Balaban J connectivity index is 1.68. The molecule has 0 amide bonds. The predicted octanol–water partition coefficient (Wildman–Crippen LogP) is 3.72. The second-order valence-corrected chi connectivity index (χ2v) is 5.84. The minimum Gasteiger partial charge on any atom is -0.377 e. The molecule has 0 aliphatic heterocycles. The Morgan fingerprint density at radius 1 is 1.26 bits per heavy atom. The lowest BCUT2D eigenvalue weighted by atomic mass is 9.83. The Hall–Kier alpha value is -0.860. The summed E-state index contributed by atoms with van der Waals surface area (Å²) in [5.74, 6) is 1.52. The zero-order valence-corrected chi connectivity index (χ0v) is 12.3. The van der Waals surface area contributed by atoms with E-state index >= 15 is 0 Å². The molecular weight excluding hydrogens is 234 g/mol. The van der Waals surface area contributed by atoms with Gasteiger partial charge in [0.1, 0.15) is 0 Å². The van der Waals surface area contributed by atoms with Crippen molar-refractivity contribution in [1.82, 2.24) is 5.32 Å². The number of benzene rings is 1. The lowest BCUT2D eigenvalue weighted by Gasteiger charge is -2.24. The first kappa shape index (κ1) is 14.5. The van der Waals surface area contributed by atoms with Gasteiger partial charge in [0.05, 0.1) is 6.61 Å². The van der Waals surface area contributed by atoms with Gasteiger partial charge in [0.15, 0.2) is 0 Å². The minimum absolute atomic E-state index is 0.568. The molecule has 1 aromatic carbocycles. The molecule has 2 heteroatoms. The standard InChI is InChI=1S/C17H27NO/c1-14(12-18-2)17-8-6-16(7-9-17)13-19-11-10-15-4-3-5-15/h6-9,14-15,18H,3-5,10-13H2,1-2H3. The molecular formula is C17H27NO. The molecule has 2 rings (SSSR count). The summed E-state index contributed by atoms with van der Waals surface area (Å²) in [6.07, 6.45) is 5.51. The highest BCUT2D eigenvalue weighted by Crippen LogP contribution is 2.29. The Labute approximate surface area is 117 Å². The number of hydrogen-bond acceptors (Lipinski definition) is 2. The van der Waals surface area contributed by atoms with Crippen molar-refractivity contribution in [3.8, 4) is 0 Å². The first-order chi connectivity index (χ1) is 9.29. The van der Waals surface area contributed by atoms with Crippen LogP contribution in [0.25, 0.3) is 0 Å². The van der Waals surface area contributed by atoms with Crippen molar-refractivity contribution < 1.29 is 4.74 Å². The van der Waals surface area contributed by atoms with E-state index in [0.29, 0.717) is 5.92 Å². The van der Waals surface area contributed by atoms with E-state index in [-0.39, 0.29) is 0 Å². The van der Waals surface area contributed by atoms with E-state index in [0.717, 1.165) is 25.7 Å². The molecule has 1 aliphatic rings. The van der Waals surface area contributed by atoms with Crippen molar-refractivity contribution in [3.05, 3.63) is 35.4 Å². The maximum Gasteiger partial charge on any atom is 0.0716 e. The summed E-state index contributed by atoms with van der Waals surface area (Å²) in [5, 5.41) is 3.22. The van der Waals surface area contributed by atoms with E-state index in [1.807, 2.05) is 7.05 Å². The molecule has 1 aromatic rings. The maximum absolute atomic E-state index is 5.76. The molecule has 1 saturated carbocycles. The Kier molecular flexibility index (Phi) is 5.87. The van der Waals surface area contributed by atoms with Crippen molar-refractivity contribution in [2.24, 2.45) is 5.92 Å². The third-order valence-electron chi connectivity index (χ3n) is 4.22. The molecule has 1 atom stereocenters. The van der Waals surface area contributed by atoms with Gasteiger partial charge >= 0.3 is 0 Å². The van der Waals surface area contributed by atoms with Crippen LogP contribution in [0.2, 0.25) is 0 Å². The van der Waals surface area contributed by atoms with E-state index < -0.39 is 0 Å². The largest absolute Gasteiger partial charge is 0.377 e. The van der Waals surface area contributed by atoms with E-state index in [2.05, 4.69) is 36.5 Å². The van der Waals surface area contributed by atoms with Crippen molar-refractivity contribution in [2.75, 3.05) is 20.2 Å². The summed E-state index contributed by atoms with van der Waals surface area (Å²) in [6, 6.07) is 8.86. The molecule has 0 spiro atoms. The molecule has 0 heterocycles. The van der Waals surface area contributed by atoms with E-state index in [4.69, 9.17) is 4.74 Å². The van der Waals surface area contributed by atoms with Crippen LogP contribution in [-0.2, 0) is 11.3 Å². The minimum atomic E-state index is 0.568. The van der Waals surface area contributed by atoms with Crippen LogP contribution >= 0.6 is 0 Å². The van der Waals surface area contributed by atoms with Crippen LogP contribution in [0.5, 0.6) is 0 Å². The van der Waals surface area contributed by atoms with E-state index in [9.17, 15) is 0 Å². The fourth-order valence-electron chi connectivity index (χ4n) is 2.59. The van der Waals surface area contributed by atoms with Gasteiger partial charge in [0.2, 0.25) is 0 Å². The van der Waals surface area contributed by atoms with Gasteiger partial charge < -0.3 is 10.1 Å². The zero-order valence-electron chi connectivity index (χ0n) is 12.3. The number of rotatable bonds is 8. The zero-order chi connectivity index (χ0) is 13.5. The second-order valence-electron chi connectivity index (χ2n) is 5.84. The summed E-state index contributed by atoms with van der Waals surface area (Å²) in [6.45, 7) is 4.95. The van der Waals surface area contributed by atoms with Gasteiger partial charge in [0.25, 0.3) is 0 Å². The molecule has 0 bridgehead atoms. The molecule has 1 N–H and O–H groups in total. The van der Waals surface area contributed by atoms with Crippen molar-refractivity contribution in [2.45, 2.75) is 45.1 Å². The average Bonchev–Trinajstić information content (AvgIpc) is 2.37. The van der Waals surface area contributed by atoms with Crippen LogP contribution < -0.4 is 5.32 Å². The highest BCUT2D eigenvalue weighted by molar-refractivity contribution is 5.24. The van der Waals surface area contributed by atoms with Gasteiger partial charge in [-0.3, -0.25) is 0 Å². The fourth-order valence-corrected chi connectivity index (χ4v) is 2.59. The van der Waals surface area contributed by atoms with Gasteiger partial charge in [-0.2, -0.15) is 0 Å². The van der Waals surface area contributed by atoms with Crippen molar-refractivity contribution >= 4 is 0 Å². The smallest absolute Gasteiger partial charge is 0.0716 e. The molecule has 2 nitrogen and oxygen atoms in total. The van der Waals surface area contributed by atoms with Gasteiger partial charge in [-0.25, -0.2) is 0 Å². The average molecular weight is 261 g/mol. The SMILES string of the molecule is CNCC(C)c1ccc(COCCC2CCC2)cc1. The molecule has 1 fully saturated rings. The van der Waals surface area contributed by atoms with Crippen LogP contribution in [0, 0.1) is 5.92 Å². The lowest BCUT2D eigenvalue weighted by molar-refractivity contribution is 0.0950. The van der Waals surface area contributed by atoms with Crippen molar-refractivity contribution in [1.29, 1.82) is 0 Å². The molecule has 0 saturated heterocycles. The predicted molar refractivity (Wildman–Crippen MR) is 80.4 cm³/mol. The van der Waals surface area contributed by atoms with Gasteiger partial charge in [-0.15, -0.1) is 0 Å². The molecule has 106 valence electrons. The molecule has 19 heavy (non-hydrogen) atoms. The maximum atomic E-state index is 5.76. The summed E-state index contributed by atoms with van der Waals surface area (Å²) >= 11 is 0. The third kappa shape index (κ3) is 4.63. The molecule has 1 aliphatic carbocycles. The van der Waals surface area contributed by atoms with Crippen LogP contribution in [-0.4, -0.2) is 20.2 Å². The summed E-state index contributed by atoms with van der Waals surface area (Å²) in [4.78, 5) is 0. The molecule has 0 radical (unpaired) electrons. The summed E-state index contributed by atoms with van der Waals surface area (Å²) in [7, 11) is 2.00. The Morgan fingerprint density at radius 2 is 2.00 bits per heavy atom.